The monoisotopic (exact) mass is 495 g/mol. The van der Waals surface area contributed by atoms with Crippen molar-refractivity contribution in [3.8, 4) is 11.3 Å². The molecule has 4 aromatic rings. The Balaban J connectivity index is 1.53. The van der Waals surface area contributed by atoms with Gasteiger partial charge in [0.1, 0.15) is 11.6 Å². The highest BCUT2D eigenvalue weighted by Gasteiger charge is 2.24. The third kappa shape index (κ3) is 5.35. The van der Waals surface area contributed by atoms with Crippen LogP contribution in [0, 0.1) is 5.82 Å². The number of nitrogens with two attached hydrogens (primary N) is 1. The first kappa shape index (κ1) is 24.0. The third-order valence-electron chi connectivity index (χ3n) is 5.22. The number of carbonyl (C=O) groups is 1. The van der Waals surface area contributed by atoms with Crippen LogP contribution >= 0.6 is 11.8 Å². The minimum Gasteiger partial charge on any atom is -0.431 e. The molecule has 0 saturated heterocycles. The van der Waals surface area contributed by atoms with E-state index in [1.807, 2.05) is 30.3 Å². The molecule has 0 spiro atoms. The van der Waals surface area contributed by atoms with Crippen molar-refractivity contribution in [1.82, 2.24) is 14.5 Å². The van der Waals surface area contributed by atoms with Gasteiger partial charge in [-0.3, -0.25) is 19.1 Å². The second-order valence-corrected chi connectivity index (χ2v) is 8.42. The van der Waals surface area contributed by atoms with Gasteiger partial charge < -0.3 is 15.1 Å². The second-order valence-electron chi connectivity index (χ2n) is 7.49. The molecule has 0 aliphatic rings. The Labute approximate surface area is 203 Å². The van der Waals surface area contributed by atoms with E-state index in [2.05, 4.69) is 9.97 Å². The third-order valence-corrected chi connectivity index (χ3v) is 6.04. The topological polar surface area (TPSA) is 127 Å². The minimum atomic E-state index is -0.744. The molecule has 11 heteroatoms. The van der Waals surface area contributed by atoms with Gasteiger partial charge in [0.15, 0.2) is 11.4 Å². The molecule has 2 heterocycles. The summed E-state index contributed by atoms with van der Waals surface area (Å²) in [5.41, 5.74) is 6.18. The Kier molecular flexibility index (Phi) is 7.16. The molecular formula is C24H22FN5O4S. The lowest BCUT2D eigenvalue weighted by atomic mass is 10.2. The van der Waals surface area contributed by atoms with Crippen molar-refractivity contribution < 1.29 is 13.6 Å². The van der Waals surface area contributed by atoms with Gasteiger partial charge in [-0.15, -0.1) is 0 Å². The molecule has 9 nitrogen and oxygen atoms in total. The van der Waals surface area contributed by atoms with Crippen LogP contribution in [-0.4, -0.2) is 32.7 Å². The van der Waals surface area contributed by atoms with Crippen LogP contribution in [0.15, 0.2) is 80.0 Å². The van der Waals surface area contributed by atoms with E-state index >= 15 is 0 Å². The molecule has 0 saturated carbocycles. The number of aromatic amines is 1. The fraction of sp³-hybridized carbons (Fsp3) is 0.167. The molecule has 3 N–H and O–H groups in total. The molecule has 1 amide bonds. The van der Waals surface area contributed by atoms with Crippen LogP contribution in [0.25, 0.3) is 11.3 Å². The Bertz CT molecular complexity index is 1450. The van der Waals surface area contributed by atoms with Crippen molar-refractivity contribution in [2.45, 2.75) is 18.7 Å². The van der Waals surface area contributed by atoms with Crippen LogP contribution in [-0.2, 0) is 11.3 Å². The largest absolute Gasteiger partial charge is 0.431 e. The first-order valence-electron chi connectivity index (χ1n) is 10.7. The van der Waals surface area contributed by atoms with E-state index in [1.54, 1.807) is 19.1 Å². The molecule has 0 radical (unpaired) electrons. The van der Waals surface area contributed by atoms with Gasteiger partial charge in [0.2, 0.25) is 5.91 Å². The number of anilines is 2. The highest BCUT2D eigenvalue weighted by Crippen LogP contribution is 2.26. The highest BCUT2D eigenvalue weighted by atomic mass is 32.2. The molecule has 2 aromatic carbocycles. The zero-order valence-electron chi connectivity index (χ0n) is 18.7. The summed E-state index contributed by atoms with van der Waals surface area (Å²) in [5, 5.41) is 0.240. The molecule has 0 aliphatic carbocycles. The number of rotatable bonds is 8. The second kappa shape index (κ2) is 10.4. The number of thioether (sulfide) groups is 1. The molecule has 180 valence electrons. The summed E-state index contributed by atoms with van der Waals surface area (Å²) in [4.78, 5) is 45.7. The molecule has 0 fully saturated rings. The number of hydrogen-bond donors (Lipinski definition) is 2. The van der Waals surface area contributed by atoms with E-state index in [9.17, 15) is 18.8 Å². The highest BCUT2D eigenvalue weighted by molar-refractivity contribution is 7.99. The van der Waals surface area contributed by atoms with Gasteiger partial charge in [-0.2, -0.15) is 0 Å². The summed E-state index contributed by atoms with van der Waals surface area (Å²) in [5.74, 6) is -0.536. The zero-order chi connectivity index (χ0) is 24.9. The van der Waals surface area contributed by atoms with Crippen molar-refractivity contribution in [3.63, 3.8) is 0 Å². The lowest BCUT2D eigenvalue weighted by Gasteiger charge is -2.23. The predicted octanol–water partition coefficient (Wildman–Crippen LogP) is 3.11. The van der Waals surface area contributed by atoms with E-state index in [0.717, 1.165) is 17.3 Å². The summed E-state index contributed by atoms with van der Waals surface area (Å²) < 4.78 is 20.0. The van der Waals surface area contributed by atoms with Crippen molar-refractivity contribution in [2.75, 3.05) is 22.9 Å². The van der Waals surface area contributed by atoms with Crippen LogP contribution in [0.1, 0.15) is 12.5 Å². The lowest BCUT2D eigenvalue weighted by Crippen LogP contribution is -2.41. The predicted molar refractivity (Wildman–Crippen MR) is 132 cm³/mol. The van der Waals surface area contributed by atoms with Crippen molar-refractivity contribution in [1.29, 1.82) is 0 Å². The fourth-order valence-corrected chi connectivity index (χ4v) is 4.17. The van der Waals surface area contributed by atoms with Crippen molar-refractivity contribution >= 4 is 29.2 Å². The molecule has 0 bridgehead atoms. The number of halogens is 1. The molecule has 0 atom stereocenters. The molecule has 35 heavy (non-hydrogen) atoms. The normalized spacial score (nSPS) is 10.9. The minimum absolute atomic E-state index is 0.0894. The van der Waals surface area contributed by atoms with Crippen LogP contribution in [0.5, 0.6) is 0 Å². The van der Waals surface area contributed by atoms with E-state index in [4.69, 9.17) is 10.2 Å². The smallest absolute Gasteiger partial charge is 0.330 e. The number of aromatic nitrogens is 3. The quantitative estimate of drug-likeness (QED) is 0.360. The number of hydrogen-bond acceptors (Lipinski definition) is 7. The number of nitrogens with one attached hydrogen (secondary N) is 1. The summed E-state index contributed by atoms with van der Waals surface area (Å²) in [7, 11) is 0. The van der Waals surface area contributed by atoms with Gasteiger partial charge in [0.05, 0.1) is 18.5 Å². The summed E-state index contributed by atoms with van der Waals surface area (Å²) >= 11 is 1.04. The number of benzene rings is 2. The number of H-pyrrole nitrogens is 1. The van der Waals surface area contributed by atoms with Crippen molar-refractivity contribution in [2.24, 2.45) is 0 Å². The Morgan fingerprint density at radius 1 is 1.17 bits per heavy atom. The van der Waals surface area contributed by atoms with Crippen LogP contribution in [0.4, 0.5) is 15.9 Å². The average molecular weight is 496 g/mol. The van der Waals surface area contributed by atoms with Gasteiger partial charge >= 0.3 is 5.69 Å². The Morgan fingerprint density at radius 2 is 1.89 bits per heavy atom. The summed E-state index contributed by atoms with van der Waals surface area (Å²) in [6.45, 7) is 1.99. The first-order chi connectivity index (χ1) is 16.9. The van der Waals surface area contributed by atoms with Crippen LogP contribution in [0.2, 0.25) is 0 Å². The van der Waals surface area contributed by atoms with E-state index < -0.39 is 17.2 Å². The maximum Gasteiger partial charge on any atom is 0.330 e. The van der Waals surface area contributed by atoms with E-state index in [-0.39, 0.29) is 41.4 Å². The summed E-state index contributed by atoms with van der Waals surface area (Å²) in [6.07, 6.45) is 1.49. The fourth-order valence-electron chi connectivity index (χ4n) is 3.49. The molecular weight excluding hydrogens is 473 g/mol. The first-order valence-corrected chi connectivity index (χ1v) is 11.7. The van der Waals surface area contributed by atoms with Gasteiger partial charge in [-0.25, -0.2) is 14.2 Å². The maximum absolute atomic E-state index is 13.1. The molecule has 4 rings (SSSR count). The number of carbonyl (C=O) groups excluding carboxylic acids is 1. The molecule has 0 unspecified atom stereocenters. The van der Waals surface area contributed by atoms with Gasteiger partial charge in [-0.05, 0) is 36.8 Å². The standard InChI is InChI=1S/C24H22FN5O4S/c1-2-29(19(31)14-35-24-27-12-18(34-24)16-8-10-17(25)11-9-16)20-21(26)30(23(33)28-22(20)32)13-15-6-4-3-5-7-15/h3-12H,2,13-14,26H2,1H3,(H,28,32,33). The number of nitrogen functional groups attached to an aromatic ring is 1. The molecule has 0 aliphatic heterocycles. The Hall–Kier alpha value is -4.12. The number of amides is 1. The SMILES string of the molecule is CCN(C(=O)CSc1ncc(-c2ccc(F)cc2)o1)c1c(N)n(Cc2ccccc2)c(=O)[nH]c1=O. The zero-order valence-corrected chi connectivity index (χ0v) is 19.5. The number of nitrogens with zero attached hydrogens (tertiary/aromatic N) is 3. The van der Waals surface area contributed by atoms with E-state index in [1.165, 1.54) is 27.8 Å². The number of oxazole rings is 1. The van der Waals surface area contributed by atoms with E-state index in [0.29, 0.717) is 11.3 Å². The van der Waals surface area contributed by atoms with Crippen LogP contribution in [0.3, 0.4) is 0 Å². The van der Waals surface area contributed by atoms with Gasteiger partial charge in [0, 0.05) is 12.1 Å². The van der Waals surface area contributed by atoms with Gasteiger partial charge in [-0.1, -0.05) is 42.1 Å². The van der Waals surface area contributed by atoms with Crippen molar-refractivity contribution in [3.05, 3.63) is 93.0 Å². The van der Waals surface area contributed by atoms with Gasteiger partial charge in [0.25, 0.3) is 10.8 Å². The molecule has 2 aromatic heterocycles. The summed E-state index contributed by atoms with van der Waals surface area (Å²) in [6, 6.07) is 14.9. The average Bonchev–Trinajstić information content (AvgIpc) is 3.33. The van der Waals surface area contributed by atoms with Crippen LogP contribution < -0.4 is 21.9 Å². The maximum atomic E-state index is 13.1. The lowest BCUT2D eigenvalue weighted by molar-refractivity contribution is -0.116. The Morgan fingerprint density at radius 3 is 2.57 bits per heavy atom.